The summed E-state index contributed by atoms with van der Waals surface area (Å²) in [5.74, 6) is -0.258. The van der Waals surface area contributed by atoms with E-state index in [0.29, 0.717) is 6.04 Å². The van der Waals surface area contributed by atoms with Crippen LogP contribution in [0, 0.1) is 0 Å². The largest absolute Gasteiger partial charge is 0.466 e. The van der Waals surface area contributed by atoms with E-state index in [1.165, 1.54) is 20.0 Å². The third-order valence-electron chi connectivity index (χ3n) is 2.73. The van der Waals surface area contributed by atoms with Gasteiger partial charge in [-0.3, -0.25) is 4.90 Å². The summed E-state index contributed by atoms with van der Waals surface area (Å²) in [4.78, 5) is 13.3. The molecule has 1 aliphatic rings. The van der Waals surface area contributed by atoms with E-state index in [4.69, 9.17) is 0 Å². The molecule has 0 aliphatic carbocycles. The molecule has 0 spiro atoms. The Labute approximate surface area is 85.7 Å². The molecule has 0 bridgehead atoms. The van der Waals surface area contributed by atoms with Gasteiger partial charge in [0.1, 0.15) is 0 Å². The van der Waals surface area contributed by atoms with Gasteiger partial charge in [-0.05, 0) is 25.9 Å². The van der Waals surface area contributed by atoms with Gasteiger partial charge in [0.15, 0.2) is 0 Å². The Hall–Kier alpha value is -0.830. The molecule has 3 heteroatoms. The van der Waals surface area contributed by atoms with Gasteiger partial charge in [0.2, 0.25) is 0 Å². The number of methoxy groups -OCH3 is 1. The third kappa shape index (κ3) is 3.14. The van der Waals surface area contributed by atoms with E-state index >= 15 is 0 Å². The predicted molar refractivity (Wildman–Crippen MR) is 56.0 cm³/mol. The second-order valence-corrected chi connectivity index (χ2v) is 3.57. The number of rotatable bonds is 3. The standard InChI is InChI=1S/C11H19NO2/c1-3-12-9-5-4-6-10(12)7-8-11(13)14-2/h7-8,10H,3-6,9H2,1-2H3/b8-7-. The van der Waals surface area contributed by atoms with Gasteiger partial charge < -0.3 is 4.74 Å². The molecule has 0 N–H and O–H groups in total. The fourth-order valence-electron chi connectivity index (χ4n) is 1.89. The van der Waals surface area contributed by atoms with Crippen LogP contribution in [0.4, 0.5) is 0 Å². The molecule has 1 saturated heterocycles. The summed E-state index contributed by atoms with van der Waals surface area (Å²) in [6.45, 7) is 4.35. The van der Waals surface area contributed by atoms with E-state index in [2.05, 4.69) is 16.6 Å². The van der Waals surface area contributed by atoms with Crippen molar-refractivity contribution in [1.29, 1.82) is 0 Å². The highest BCUT2D eigenvalue weighted by atomic mass is 16.5. The average molecular weight is 197 g/mol. The van der Waals surface area contributed by atoms with Gasteiger partial charge in [0, 0.05) is 12.1 Å². The third-order valence-corrected chi connectivity index (χ3v) is 2.73. The van der Waals surface area contributed by atoms with Crippen molar-refractivity contribution in [1.82, 2.24) is 4.90 Å². The number of likely N-dealkylation sites (N-methyl/N-ethyl adjacent to an activating group) is 1. The van der Waals surface area contributed by atoms with Crippen LogP contribution in [-0.4, -0.2) is 37.1 Å². The fraction of sp³-hybridized carbons (Fsp3) is 0.727. The highest BCUT2D eigenvalue weighted by Crippen LogP contribution is 2.17. The summed E-state index contributed by atoms with van der Waals surface area (Å²) in [7, 11) is 1.41. The zero-order valence-corrected chi connectivity index (χ0v) is 9.03. The van der Waals surface area contributed by atoms with Crippen molar-refractivity contribution >= 4 is 5.97 Å². The van der Waals surface area contributed by atoms with Crippen molar-refractivity contribution in [2.45, 2.75) is 32.2 Å². The van der Waals surface area contributed by atoms with Crippen LogP contribution in [0.5, 0.6) is 0 Å². The minimum absolute atomic E-state index is 0.258. The minimum Gasteiger partial charge on any atom is -0.466 e. The molecule has 1 fully saturated rings. The number of carbonyl (C=O) groups excluding carboxylic acids is 1. The van der Waals surface area contributed by atoms with Gasteiger partial charge >= 0.3 is 5.97 Å². The Bertz CT molecular complexity index is 213. The van der Waals surface area contributed by atoms with Crippen LogP contribution >= 0.6 is 0 Å². The highest BCUT2D eigenvalue weighted by molar-refractivity contribution is 5.81. The van der Waals surface area contributed by atoms with E-state index in [1.807, 2.05) is 6.08 Å². The lowest BCUT2D eigenvalue weighted by molar-refractivity contribution is -0.134. The van der Waals surface area contributed by atoms with Crippen molar-refractivity contribution in [2.24, 2.45) is 0 Å². The first-order valence-corrected chi connectivity index (χ1v) is 5.28. The van der Waals surface area contributed by atoms with Crippen LogP contribution in [-0.2, 0) is 9.53 Å². The minimum atomic E-state index is -0.258. The number of likely N-dealkylation sites (tertiary alicyclic amines) is 1. The van der Waals surface area contributed by atoms with Gasteiger partial charge in [-0.15, -0.1) is 0 Å². The summed E-state index contributed by atoms with van der Waals surface area (Å²) in [5, 5.41) is 0. The molecule has 0 aromatic heterocycles. The van der Waals surface area contributed by atoms with Crippen molar-refractivity contribution in [2.75, 3.05) is 20.2 Å². The molecule has 1 aliphatic heterocycles. The maximum Gasteiger partial charge on any atom is 0.330 e. The number of hydrogen-bond acceptors (Lipinski definition) is 3. The summed E-state index contributed by atoms with van der Waals surface area (Å²) in [5.41, 5.74) is 0. The summed E-state index contributed by atoms with van der Waals surface area (Å²) in [6.07, 6.45) is 7.19. The van der Waals surface area contributed by atoms with Crippen LogP contribution in [0.2, 0.25) is 0 Å². The lowest BCUT2D eigenvalue weighted by Crippen LogP contribution is -2.37. The molecule has 0 saturated carbocycles. The van der Waals surface area contributed by atoms with Crippen molar-refractivity contribution in [3.05, 3.63) is 12.2 Å². The van der Waals surface area contributed by atoms with Crippen LogP contribution in [0.15, 0.2) is 12.2 Å². The summed E-state index contributed by atoms with van der Waals surface area (Å²) in [6, 6.07) is 0.424. The zero-order valence-electron chi connectivity index (χ0n) is 9.03. The quantitative estimate of drug-likeness (QED) is 0.508. The van der Waals surface area contributed by atoms with Gasteiger partial charge in [0.25, 0.3) is 0 Å². The van der Waals surface area contributed by atoms with Crippen molar-refractivity contribution < 1.29 is 9.53 Å². The number of piperidine rings is 1. The predicted octanol–water partition coefficient (Wildman–Crippen LogP) is 1.59. The van der Waals surface area contributed by atoms with E-state index < -0.39 is 0 Å². The van der Waals surface area contributed by atoms with Crippen LogP contribution in [0.3, 0.4) is 0 Å². The molecule has 1 heterocycles. The number of ether oxygens (including phenoxy) is 1. The maximum absolute atomic E-state index is 10.9. The number of nitrogens with zero attached hydrogens (tertiary/aromatic N) is 1. The molecule has 1 unspecified atom stereocenters. The van der Waals surface area contributed by atoms with Crippen molar-refractivity contribution in [3.63, 3.8) is 0 Å². The summed E-state index contributed by atoms with van der Waals surface area (Å²) >= 11 is 0. The topological polar surface area (TPSA) is 29.5 Å². The lowest BCUT2D eigenvalue weighted by atomic mass is 10.0. The first kappa shape index (κ1) is 11.2. The number of carbonyl (C=O) groups is 1. The molecular formula is C11H19NO2. The van der Waals surface area contributed by atoms with Gasteiger partial charge in [-0.2, -0.15) is 0 Å². The Morgan fingerprint density at radius 2 is 2.36 bits per heavy atom. The molecule has 0 aromatic rings. The van der Waals surface area contributed by atoms with Gasteiger partial charge in [-0.25, -0.2) is 4.79 Å². The average Bonchev–Trinajstić information content (AvgIpc) is 2.26. The monoisotopic (exact) mass is 197 g/mol. The molecule has 0 radical (unpaired) electrons. The van der Waals surface area contributed by atoms with Gasteiger partial charge in [0.05, 0.1) is 7.11 Å². The van der Waals surface area contributed by atoms with Crippen LogP contribution < -0.4 is 0 Å². The zero-order chi connectivity index (χ0) is 10.4. The Morgan fingerprint density at radius 1 is 1.57 bits per heavy atom. The first-order valence-electron chi connectivity index (χ1n) is 5.28. The van der Waals surface area contributed by atoms with Gasteiger partial charge in [-0.1, -0.05) is 19.4 Å². The normalized spacial score (nSPS) is 24.0. The molecular weight excluding hydrogens is 178 g/mol. The molecule has 1 atom stereocenters. The SMILES string of the molecule is CCN1CCCCC1/C=C\C(=O)OC. The summed E-state index contributed by atoms with van der Waals surface area (Å²) < 4.78 is 4.57. The molecule has 0 amide bonds. The maximum atomic E-state index is 10.9. The second-order valence-electron chi connectivity index (χ2n) is 3.57. The molecule has 1 rings (SSSR count). The Kier molecular flexibility index (Phi) is 4.66. The molecule has 80 valence electrons. The van der Waals surface area contributed by atoms with E-state index in [1.54, 1.807) is 6.08 Å². The van der Waals surface area contributed by atoms with Crippen LogP contribution in [0.25, 0.3) is 0 Å². The Balaban J connectivity index is 2.47. The Morgan fingerprint density at radius 3 is 3.00 bits per heavy atom. The van der Waals surface area contributed by atoms with Crippen molar-refractivity contribution in [3.8, 4) is 0 Å². The molecule has 3 nitrogen and oxygen atoms in total. The number of hydrogen-bond donors (Lipinski definition) is 0. The number of esters is 1. The molecule has 14 heavy (non-hydrogen) atoms. The fourth-order valence-corrected chi connectivity index (χ4v) is 1.89. The van der Waals surface area contributed by atoms with Crippen LogP contribution in [0.1, 0.15) is 26.2 Å². The highest BCUT2D eigenvalue weighted by Gasteiger charge is 2.18. The molecule has 0 aromatic carbocycles. The second kappa shape index (κ2) is 5.81. The van der Waals surface area contributed by atoms with E-state index in [0.717, 1.165) is 19.5 Å². The van der Waals surface area contributed by atoms with E-state index in [9.17, 15) is 4.79 Å². The lowest BCUT2D eigenvalue weighted by Gasteiger charge is -2.32. The first-order chi connectivity index (χ1) is 6.77. The van der Waals surface area contributed by atoms with E-state index in [-0.39, 0.29) is 5.97 Å². The smallest absolute Gasteiger partial charge is 0.330 e.